The van der Waals surface area contributed by atoms with Crippen molar-refractivity contribution in [3.63, 3.8) is 0 Å². The zero-order valence-electron chi connectivity index (χ0n) is 6.10. The van der Waals surface area contributed by atoms with Crippen molar-refractivity contribution in [3.8, 4) is 0 Å². The van der Waals surface area contributed by atoms with Crippen LogP contribution in [0.25, 0.3) is 10.9 Å². The van der Waals surface area contributed by atoms with E-state index in [0.29, 0.717) is 15.6 Å². The molecule has 2 N–H and O–H groups in total. The SMILES string of the molecule is N=c1c2cnccc2ncn1O. The number of aromatic nitrogens is 3. The number of nitrogens with one attached hydrogen (secondary N) is 1. The van der Waals surface area contributed by atoms with Crippen molar-refractivity contribution < 1.29 is 5.21 Å². The Labute approximate surface area is 67.4 Å². The van der Waals surface area contributed by atoms with Crippen LogP contribution in [0.4, 0.5) is 0 Å². The van der Waals surface area contributed by atoms with Gasteiger partial charge in [0.1, 0.15) is 6.33 Å². The van der Waals surface area contributed by atoms with Crippen LogP contribution in [0, 0.1) is 5.41 Å². The lowest BCUT2D eigenvalue weighted by atomic mass is 10.3. The molecule has 0 unspecified atom stereocenters. The first-order valence-corrected chi connectivity index (χ1v) is 3.34. The molecule has 2 rings (SSSR count). The smallest absolute Gasteiger partial charge is 0.173 e. The van der Waals surface area contributed by atoms with Crippen LogP contribution in [0.2, 0.25) is 0 Å². The summed E-state index contributed by atoms with van der Waals surface area (Å²) in [5.74, 6) is 0. The van der Waals surface area contributed by atoms with Crippen molar-refractivity contribution in [2.45, 2.75) is 0 Å². The fourth-order valence-corrected chi connectivity index (χ4v) is 0.980. The molecule has 2 aromatic heterocycles. The predicted molar refractivity (Wildman–Crippen MR) is 40.6 cm³/mol. The molecule has 0 saturated carbocycles. The van der Waals surface area contributed by atoms with Gasteiger partial charge < -0.3 is 5.21 Å². The largest absolute Gasteiger partial charge is 0.425 e. The minimum absolute atomic E-state index is 0.00639. The molecule has 0 aliphatic carbocycles. The van der Waals surface area contributed by atoms with E-state index in [4.69, 9.17) is 10.6 Å². The van der Waals surface area contributed by atoms with Gasteiger partial charge in [0.15, 0.2) is 5.49 Å². The maximum absolute atomic E-state index is 9.06. The van der Waals surface area contributed by atoms with Gasteiger partial charge in [0.05, 0.1) is 10.9 Å². The molecule has 0 atom stereocenters. The van der Waals surface area contributed by atoms with Crippen LogP contribution in [0.5, 0.6) is 0 Å². The van der Waals surface area contributed by atoms with Gasteiger partial charge in [-0.25, -0.2) is 4.98 Å². The normalized spacial score (nSPS) is 10.3. The molecule has 0 aromatic carbocycles. The second-order valence-electron chi connectivity index (χ2n) is 2.33. The minimum atomic E-state index is -0.00639. The Bertz CT molecular complexity index is 476. The molecule has 0 aliphatic heterocycles. The first kappa shape index (κ1) is 6.78. The topological polar surface area (TPSA) is 74.8 Å². The van der Waals surface area contributed by atoms with Gasteiger partial charge in [-0.1, -0.05) is 0 Å². The highest BCUT2D eigenvalue weighted by Crippen LogP contribution is 2.00. The van der Waals surface area contributed by atoms with E-state index in [1.807, 2.05) is 0 Å². The molecule has 0 bridgehead atoms. The zero-order valence-corrected chi connectivity index (χ0v) is 6.10. The lowest BCUT2D eigenvalue weighted by Gasteiger charge is -1.98. The molecule has 0 aliphatic rings. The fourth-order valence-electron chi connectivity index (χ4n) is 0.980. The van der Waals surface area contributed by atoms with E-state index in [1.54, 1.807) is 12.3 Å². The summed E-state index contributed by atoms with van der Waals surface area (Å²) < 4.78 is 0.657. The molecule has 5 nitrogen and oxygen atoms in total. The standard InChI is InChI=1S/C7H6N4O/c8-7-5-3-9-2-1-6(5)10-4-11(7)12/h1-4,8,12H. The third-order valence-electron chi connectivity index (χ3n) is 1.59. The Kier molecular flexibility index (Phi) is 1.30. The average molecular weight is 162 g/mol. The van der Waals surface area contributed by atoms with Gasteiger partial charge >= 0.3 is 0 Å². The van der Waals surface area contributed by atoms with Crippen molar-refractivity contribution in [1.29, 1.82) is 5.41 Å². The van der Waals surface area contributed by atoms with Gasteiger partial charge in [0.2, 0.25) is 0 Å². The Morgan fingerprint density at radius 1 is 1.50 bits per heavy atom. The van der Waals surface area contributed by atoms with Crippen molar-refractivity contribution in [3.05, 3.63) is 30.3 Å². The van der Waals surface area contributed by atoms with Crippen LogP contribution in [0.3, 0.4) is 0 Å². The molecule has 12 heavy (non-hydrogen) atoms. The van der Waals surface area contributed by atoms with Gasteiger partial charge in [-0.15, -0.1) is 0 Å². The van der Waals surface area contributed by atoms with Crippen LogP contribution in [0.15, 0.2) is 24.8 Å². The summed E-state index contributed by atoms with van der Waals surface area (Å²) in [5.41, 5.74) is 0.647. The molecule has 5 heteroatoms. The Morgan fingerprint density at radius 3 is 3.17 bits per heavy atom. The van der Waals surface area contributed by atoms with E-state index in [1.165, 1.54) is 12.5 Å². The molecule has 0 amide bonds. The first-order valence-electron chi connectivity index (χ1n) is 3.34. The summed E-state index contributed by atoms with van der Waals surface area (Å²) in [4.78, 5) is 7.72. The molecule has 0 radical (unpaired) electrons. The van der Waals surface area contributed by atoms with E-state index in [-0.39, 0.29) is 5.49 Å². The third kappa shape index (κ3) is 0.833. The Hall–Kier alpha value is -1.91. The number of hydrogen-bond donors (Lipinski definition) is 2. The van der Waals surface area contributed by atoms with Crippen LogP contribution < -0.4 is 5.49 Å². The molecule has 2 heterocycles. The zero-order chi connectivity index (χ0) is 8.55. The highest BCUT2D eigenvalue weighted by molar-refractivity contribution is 5.75. The first-order chi connectivity index (χ1) is 5.79. The molecular formula is C7H6N4O. The lowest BCUT2D eigenvalue weighted by molar-refractivity contribution is 0.169. The molecule has 0 fully saturated rings. The van der Waals surface area contributed by atoms with Crippen molar-refractivity contribution in [2.75, 3.05) is 0 Å². The summed E-state index contributed by atoms with van der Waals surface area (Å²) in [7, 11) is 0. The van der Waals surface area contributed by atoms with Crippen LogP contribution in [-0.4, -0.2) is 19.9 Å². The Morgan fingerprint density at radius 2 is 2.33 bits per heavy atom. The Balaban J connectivity index is 3.01. The monoisotopic (exact) mass is 162 g/mol. The summed E-state index contributed by atoms with van der Waals surface area (Å²) in [6.45, 7) is 0. The maximum Gasteiger partial charge on any atom is 0.173 e. The van der Waals surface area contributed by atoms with E-state index in [2.05, 4.69) is 9.97 Å². The van der Waals surface area contributed by atoms with Crippen molar-refractivity contribution in [1.82, 2.24) is 14.7 Å². The summed E-state index contributed by atoms with van der Waals surface area (Å²) >= 11 is 0. The average Bonchev–Trinajstić information content (AvgIpc) is 2.12. The van der Waals surface area contributed by atoms with Gasteiger partial charge in [-0.2, -0.15) is 4.73 Å². The van der Waals surface area contributed by atoms with E-state index >= 15 is 0 Å². The predicted octanol–water partition coefficient (Wildman–Crippen LogP) is 0.148. The van der Waals surface area contributed by atoms with Crippen molar-refractivity contribution >= 4 is 10.9 Å². The number of rotatable bonds is 0. The van der Waals surface area contributed by atoms with Gasteiger partial charge in [-0.05, 0) is 6.07 Å². The van der Waals surface area contributed by atoms with E-state index in [0.717, 1.165) is 0 Å². The molecular weight excluding hydrogens is 156 g/mol. The number of hydrogen-bond acceptors (Lipinski definition) is 4. The lowest BCUT2D eigenvalue weighted by Crippen LogP contribution is -2.18. The highest BCUT2D eigenvalue weighted by atomic mass is 16.5. The van der Waals surface area contributed by atoms with Crippen LogP contribution >= 0.6 is 0 Å². The minimum Gasteiger partial charge on any atom is -0.425 e. The molecule has 2 aromatic rings. The quantitative estimate of drug-likeness (QED) is 0.541. The molecule has 0 spiro atoms. The second-order valence-corrected chi connectivity index (χ2v) is 2.33. The van der Waals surface area contributed by atoms with Crippen LogP contribution in [0.1, 0.15) is 0 Å². The van der Waals surface area contributed by atoms with Gasteiger partial charge in [0, 0.05) is 12.4 Å². The number of pyridine rings is 1. The second kappa shape index (κ2) is 2.30. The van der Waals surface area contributed by atoms with Crippen molar-refractivity contribution in [2.24, 2.45) is 0 Å². The maximum atomic E-state index is 9.06. The van der Waals surface area contributed by atoms with Gasteiger partial charge in [-0.3, -0.25) is 10.4 Å². The summed E-state index contributed by atoms with van der Waals surface area (Å²) in [6.07, 6.45) is 4.28. The summed E-state index contributed by atoms with van der Waals surface area (Å²) in [6, 6.07) is 1.69. The third-order valence-corrected chi connectivity index (χ3v) is 1.59. The van der Waals surface area contributed by atoms with E-state index < -0.39 is 0 Å². The fraction of sp³-hybridized carbons (Fsp3) is 0. The molecule has 0 saturated heterocycles. The highest BCUT2D eigenvalue weighted by Gasteiger charge is 1.97. The number of nitrogens with zero attached hydrogens (tertiary/aromatic N) is 3. The van der Waals surface area contributed by atoms with E-state index in [9.17, 15) is 0 Å². The van der Waals surface area contributed by atoms with Crippen LogP contribution in [-0.2, 0) is 0 Å². The number of fused-ring (bicyclic) bond motifs is 1. The van der Waals surface area contributed by atoms with Gasteiger partial charge in [0.25, 0.3) is 0 Å². The molecule has 60 valence electrons. The summed E-state index contributed by atoms with van der Waals surface area (Å²) in [5, 5.41) is 17.0.